The molecule has 0 bridgehead atoms. The van der Waals surface area contributed by atoms with Gasteiger partial charge in [-0.05, 0) is 20.0 Å². The molecule has 0 radical (unpaired) electrons. The van der Waals surface area contributed by atoms with Gasteiger partial charge in [-0.1, -0.05) is 13.8 Å². The molecule has 0 aliphatic rings. The van der Waals surface area contributed by atoms with Crippen LogP contribution in [0, 0.1) is 6.92 Å². The number of hydrogen-bond acceptors (Lipinski definition) is 5. The first-order valence-electron chi connectivity index (χ1n) is 6.45. The van der Waals surface area contributed by atoms with Gasteiger partial charge >= 0.3 is 0 Å². The van der Waals surface area contributed by atoms with Crippen molar-refractivity contribution in [2.24, 2.45) is 0 Å². The second-order valence-corrected chi connectivity index (χ2v) is 4.22. The van der Waals surface area contributed by atoms with Crippen LogP contribution < -0.4 is 16.2 Å². The van der Waals surface area contributed by atoms with Crippen LogP contribution in [-0.2, 0) is 4.74 Å². The molecule has 0 aromatic heterocycles. The third-order valence-corrected chi connectivity index (χ3v) is 3.14. The summed E-state index contributed by atoms with van der Waals surface area (Å²) in [6, 6.07) is 0. The number of rotatable bonds is 9. The van der Waals surface area contributed by atoms with E-state index in [0.717, 1.165) is 19.6 Å². The van der Waals surface area contributed by atoms with Gasteiger partial charge in [-0.25, -0.2) is 0 Å². The summed E-state index contributed by atoms with van der Waals surface area (Å²) >= 11 is 0. The van der Waals surface area contributed by atoms with Gasteiger partial charge in [-0.15, -0.1) is 0 Å². The lowest BCUT2D eigenvalue weighted by molar-refractivity contribution is 0.114. The van der Waals surface area contributed by atoms with Crippen LogP contribution in [-0.4, -0.2) is 44.3 Å². The molecule has 5 nitrogen and oxygen atoms in total. The van der Waals surface area contributed by atoms with Crippen LogP contribution in [0.25, 0.3) is 0 Å². The molecule has 0 heterocycles. The third-order valence-electron chi connectivity index (χ3n) is 3.14. The maximum absolute atomic E-state index is 11.1. The van der Waals surface area contributed by atoms with Crippen LogP contribution in [0.3, 0.4) is 0 Å². The minimum absolute atomic E-state index is 0.375. The molecular weight excluding hydrogens is 232 g/mol. The van der Waals surface area contributed by atoms with Gasteiger partial charge in [0.05, 0.1) is 18.9 Å². The SMILES string of the molecule is CCN(CC)CCOCCNc1c(C)c(=O)c1=O. The molecule has 0 spiro atoms. The molecule has 5 heteroatoms. The fourth-order valence-electron chi connectivity index (χ4n) is 1.80. The Balaban J connectivity index is 2.10. The quantitative estimate of drug-likeness (QED) is 0.509. The van der Waals surface area contributed by atoms with Gasteiger partial charge in [0.1, 0.15) is 0 Å². The van der Waals surface area contributed by atoms with E-state index in [-0.39, 0.29) is 5.43 Å². The van der Waals surface area contributed by atoms with Gasteiger partial charge in [-0.3, -0.25) is 9.59 Å². The molecular formula is C13H22N2O3. The highest BCUT2D eigenvalue weighted by Gasteiger charge is 2.15. The minimum atomic E-state index is -0.407. The van der Waals surface area contributed by atoms with Gasteiger partial charge in [0.15, 0.2) is 0 Å². The van der Waals surface area contributed by atoms with E-state index in [2.05, 4.69) is 24.1 Å². The number of likely N-dealkylation sites (N-methyl/N-ethyl adjacent to an activating group) is 1. The smallest absolute Gasteiger partial charge is 0.249 e. The number of nitrogens with one attached hydrogen (secondary N) is 1. The first-order chi connectivity index (χ1) is 8.61. The monoisotopic (exact) mass is 254 g/mol. The molecule has 18 heavy (non-hydrogen) atoms. The van der Waals surface area contributed by atoms with E-state index < -0.39 is 5.43 Å². The summed E-state index contributed by atoms with van der Waals surface area (Å²) in [7, 11) is 0. The molecule has 0 saturated carbocycles. The molecule has 0 saturated heterocycles. The maximum Gasteiger partial charge on any atom is 0.249 e. The van der Waals surface area contributed by atoms with E-state index in [1.165, 1.54) is 0 Å². The van der Waals surface area contributed by atoms with Gasteiger partial charge in [0.2, 0.25) is 10.9 Å². The fraction of sp³-hybridized carbons (Fsp3) is 0.692. The molecule has 1 N–H and O–H groups in total. The van der Waals surface area contributed by atoms with E-state index >= 15 is 0 Å². The van der Waals surface area contributed by atoms with E-state index in [0.29, 0.717) is 31.0 Å². The van der Waals surface area contributed by atoms with Crippen molar-refractivity contribution in [3.8, 4) is 0 Å². The summed E-state index contributed by atoms with van der Waals surface area (Å²) < 4.78 is 5.46. The van der Waals surface area contributed by atoms with Gasteiger partial charge in [-0.2, -0.15) is 0 Å². The zero-order chi connectivity index (χ0) is 13.5. The average Bonchev–Trinajstić information content (AvgIpc) is 2.41. The van der Waals surface area contributed by atoms with Crippen molar-refractivity contribution < 1.29 is 4.74 Å². The van der Waals surface area contributed by atoms with E-state index in [4.69, 9.17) is 4.74 Å². The highest BCUT2D eigenvalue weighted by atomic mass is 16.5. The largest absolute Gasteiger partial charge is 0.379 e. The fourth-order valence-corrected chi connectivity index (χ4v) is 1.80. The Kier molecular flexibility index (Phi) is 6.01. The normalized spacial score (nSPS) is 11.3. The van der Waals surface area contributed by atoms with Crippen molar-refractivity contribution >= 4 is 5.69 Å². The summed E-state index contributed by atoms with van der Waals surface area (Å²) in [6.07, 6.45) is 0. The van der Waals surface area contributed by atoms with Crippen molar-refractivity contribution in [1.29, 1.82) is 0 Å². The second kappa shape index (κ2) is 7.28. The lowest BCUT2D eigenvalue weighted by Gasteiger charge is -2.17. The number of nitrogens with zero attached hydrogens (tertiary/aromatic N) is 1. The predicted molar refractivity (Wildman–Crippen MR) is 73.2 cm³/mol. The first-order valence-corrected chi connectivity index (χ1v) is 6.45. The first kappa shape index (κ1) is 14.9. The molecule has 0 fully saturated rings. The van der Waals surface area contributed by atoms with E-state index in [1.807, 2.05) is 0 Å². The van der Waals surface area contributed by atoms with Gasteiger partial charge in [0.25, 0.3) is 0 Å². The maximum atomic E-state index is 11.1. The summed E-state index contributed by atoms with van der Waals surface area (Å²) in [5.74, 6) is 0. The number of anilines is 1. The summed E-state index contributed by atoms with van der Waals surface area (Å²) in [5, 5.41) is 2.94. The van der Waals surface area contributed by atoms with E-state index in [1.54, 1.807) is 6.92 Å². The van der Waals surface area contributed by atoms with Crippen LogP contribution in [0.4, 0.5) is 5.69 Å². The second-order valence-electron chi connectivity index (χ2n) is 4.22. The Morgan fingerprint density at radius 3 is 2.33 bits per heavy atom. The highest BCUT2D eigenvalue weighted by Crippen LogP contribution is 2.03. The van der Waals surface area contributed by atoms with Crippen LogP contribution >= 0.6 is 0 Å². The molecule has 0 unspecified atom stereocenters. The van der Waals surface area contributed by atoms with Crippen LogP contribution in [0.15, 0.2) is 9.59 Å². The Bertz CT molecular complexity index is 431. The van der Waals surface area contributed by atoms with Crippen molar-refractivity contribution in [1.82, 2.24) is 4.90 Å². The standard InChI is InChI=1S/C13H22N2O3/c1-4-15(5-2)7-9-18-8-6-14-11-10(3)12(16)13(11)17/h14H,4-9H2,1-3H3. The third kappa shape index (κ3) is 3.65. The molecule has 0 amide bonds. The molecule has 1 aromatic rings. The molecule has 102 valence electrons. The predicted octanol–water partition coefficient (Wildman–Crippen LogP) is 0.361. The summed E-state index contributed by atoms with van der Waals surface area (Å²) in [6.45, 7) is 10.7. The topological polar surface area (TPSA) is 58.6 Å². The zero-order valence-corrected chi connectivity index (χ0v) is 11.4. The van der Waals surface area contributed by atoms with Crippen molar-refractivity contribution in [3.05, 3.63) is 26.0 Å². The van der Waals surface area contributed by atoms with Gasteiger partial charge < -0.3 is 15.0 Å². The minimum Gasteiger partial charge on any atom is -0.379 e. The van der Waals surface area contributed by atoms with Gasteiger partial charge in [0, 0.05) is 18.7 Å². The van der Waals surface area contributed by atoms with Crippen molar-refractivity contribution in [2.75, 3.05) is 44.7 Å². The molecule has 0 aliphatic carbocycles. The lowest BCUT2D eigenvalue weighted by atomic mass is 10.1. The Morgan fingerprint density at radius 2 is 1.78 bits per heavy atom. The molecule has 0 aliphatic heterocycles. The van der Waals surface area contributed by atoms with Crippen LogP contribution in [0.1, 0.15) is 19.4 Å². The molecule has 1 rings (SSSR count). The lowest BCUT2D eigenvalue weighted by Crippen LogP contribution is -2.37. The Labute approximate surface area is 107 Å². The summed E-state index contributed by atoms with van der Waals surface area (Å²) in [4.78, 5) is 24.4. The zero-order valence-electron chi connectivity index (χ0n) is 11.4. The Morgan fingerprint density at radius 1 is 1.11 bits per heavy atom. The molecule has 1 aromatic carbocycles. The summed E-state index contributed by atoms with van der Waals surface area (Å²) in [5.41, 5.74) is 0.200. The molecule has 0 atom stereocenters. The Hall–Kier alpha value is -1.20. The van der Waals surface area contributed by atoms with Crippen LogP contribution in [0.2, 0.25) is 0 Å². The van der Waals surface area contributed by atoms with Crippen LogP contribution in [0.5, 0.6) is 0 Å². The van der Waals surface area contributed by atoms with Crippen molar-refractivity contribution in [3.63, 3.8) is 0 Å². The highest BCUT2D eigenvalue weighted by molar-refractivity contribution is 5.55. The number of hydrogen-bond donors (Lipinski definition) is 1. The number of ether oxygens (including phenoxy) is 1. The van der Waals surface area contributed by atoms with E-state index in [9.17, 15) is 9.59 Å². The average molecular weight is 254 g/mol. The van der Waals surface area contributed by atoms with Crippen molar-refractivity contribution in [2.45, 2.75) is 20.8 Å².